The number of carbonyl (C=O) groups is 1. The van der Waals surface area contributed by atoms with Crippen LogP contribution >= 0.6 is 23.4 Å². The van der Waals surface area contributed by atoms with E-state index in [1.165, 1.54) is 19.3 Å². The first-order chi connectivity index (χ1) is 17.9. The number of ether oxygens (including phenoxy) is 1. The first-order valence-electron chi connectivity index (χ1n) is 11.0. The van der Waals surface area contributed by atoms with Crippen LogP contribution in [-0.4, -0.2) is 33.0 Å². The highest BCUT2D eigenvalue weighted by Crippen LogP contribution is 2.35. The van der Waals surface area contributed by atoms with Crippen LogP contribution in [0.2, 0.25) is 5.02 Å². The molecule has 186 valence electrons. The van der Waals surface area contributed by atoms with Crippen LogP contribution in [0.1, 0.15) is 11.1 Å². The SMILES string of the molecule is COc1ccc(Cl)cc1-c1nnc(S/C(=C\c2cn(Cc3ccccc3F)c3ccccc23)C(=O)O)o1. The molecule has 0 bridgehead atoms. The topological polar surface area (TPSA) is 90.4 Å². The van der Waals surface area contributed by atoms with Gasteiger partial charge in [-0.3, -0.25) is 0 Å². The third kappa shape index (κ3) is 5.23. The zero-order valence-electron chi connectivity index (χ0n) is 19.4. The number of halogens is 2. The smallest absolute Gasteiger partial charge is 0.342 e. The zero-order chi connectivity index (χ0) is 25.9. The Morgan fingerprint density at radius 2 is 1.95 bits per heavy atom. The van der Waals surface area contributed by atoms with Crippen molar-refractivity contribution in [3.63, 3.8) is 0 Å². The van der Waals surface area contributed by atoms with Crippen molar-refractivity contribution in [3.8, 4) is 17.2 Å². The third-order valence-electron chi connectivity index (χ3n) is 5.61. The van der Waals surface area contributed by atoms with Crippen molar-refractivity contribution < 1.29 is 23.4 Å². The Balaban J connectivity index is 1.49. The number of fused-ring (bicyclic) bond motifs is 1. The standard InChI is InChI=1S/C27H19ClFN3O4S/c1-35-23-11-10-18(28)13-20(23)25-30-31-27(36-25)37-24(26(33)34)12-17-15-32(22-9-5-3-7-19(17)22)14-16-6-2-4-8-21(16)29/h2-13,15H,14H2,1H3,(H,33,34)/b24-12-. The molecule has 0 spiro atoms. The molecule has 37 heavy (non-hydrogen) atoms. The number of methoxy groups -OCH3 is 1. The van der Waals surface area contributed by atoms with E-state index in [1.807, 2.05) is 28.8 Å². The summed E-state index contributed by atoms with van der Waals surface area (Å²) in [6.45, 7) is 0.297. The molecule has 0 unspecified atom stereocenters. The fourth-order valence-corrected chi connectivity index (χ4v) is 4.74. The van der Waals surface area contributed by atoms with E-state index in [1.54, 1.807) is 42.6 Å². The second-order valence-electron chi connectivity index (χ2n) is 7.95. The summed E-state index contributed by atoms with van der Waals surface area (Å²) < 4.78 is 27.2. The third-order valence-corrected chi connectivity index (χ3v) is 6.70. The Hall–Kier alpha value is -4.08. The molecule has 3 aromatic carbocycles. The minimum absolute atomic E-state index is 0.0259. The molecule has 10 heteroatoms. The van der Waals surface area contributed by atoms with Gasteiger partial charge in [0.25, 0.3) is 11.1 Å². The van der Waals surface area contributed by atoms with Crippen LogP contribution < -0.4 is 4.74 Å². The maximum Gasteiger partial charge on any atom is 0.342 e. The van der Waals surface area contributed by atoms with Crippen molar-refractivity contribution in [3.05, 3.63) is 99.8 Å². The van der Waals surface area contributed by atoms with Gasteiger partial charge in [0, 0.05) is 33.2 Å². The van der Waals surface area contributed by atoms with Crippen LogP contribution in [0, 0.1) is 5.82 Å². The summed E-state index contributed by atoms with van der Waals surface area (Å²) in [6.07, 6.45) is 3.34. The predicted octanol–water partition coefficient (Wildman–Crippen LogP) is 6.76. The molecule has 0 radical (unpaired) electrons. The number of hydrogen-bond donors (Lipinski definition) is 1. The molecule has 5 rings (SSSR count). The van der Waals surface area contributed by atoms with E-state index < -0.39 is 5.97 Å². The predicted molar refractivity (Wildman–Crippen MR) is 140 cm³/mol. The molecule has 0 atom stereocenters. The van der Waals surface area contributed by atoms with Gasteiger partial charge in [-0.15, -0.1) is 10.2 Å². The Bertz CT molecular complexity index is 1650. The van der Waals surface area contributed by atoms with Crippen LogP contribution in [-0.2, 0) is 11.3 Å². The lowest BCUT2D eigenvalue weighted by Gasteiger charge is -2.06. The Kier molecular flexibility index (Phi) is 6.98. The molecule has 0 fully saturated rings. The van der Waals surface area contributed by atoms with Crippen LogP contribution in [0.4, 0.5) is 4.39 Å². The molecule has 0 amide bonds. The van der Waals surface area contributed by atoms with E-state index in [9.17, 15) is 14.3 Å². The first-order valence-corrected chi connectivity index (χ1v) is 12.2. The summed E-state index contributed by atoms with van der Waals surface area (Å²) in [6, 6.07) is 19.1. The molecule has 2 heterocycles. The van der Waals surface area contributed by atoms with Gasteiger partial charge in [-0.2, -0.15) is 0 Å². The average Bonchev–Trinajstić information content (AvgIpc) is 3.50. The number of nitrogens with zero attached hydrogens (tertiary/aromatic N) is 3. The summed E-state index contributed by atoms with van der Waals surface area (Å²) >= 11 is 6.92. The second kappa shape index (κ2) is 10.5. The van der Waals surface area contributed by atoms with Gasteiger partial charge in [0.2, 0.25) is 0 Å². The number of carboxylic acid groups (broad SMARTS) is 1. The van der Waals surface area contributed by atoms with Crippen molar-refractivity contribution >= 4 is 46.3 Å². The number of rotatable bonds is 8. The fourth-order valence-electron chi connectivity index (χ4n) is 3.91. The van der Waals surface area contributed by atoms with Crippen molar-refractivity contribution in [1.29, 1.82) is 0 Å². The molecule has 7 nitrogen and oxygen atoms in total. The van der Waals surface area contributed by atoms with Gasteiger partial charge in [0.05, 0.1) is 19.2 Å². The molecule has 0 saturated heterocycles. The van der Waals surface area contributed by atoms with Crippen LogP contribution in [0.15, 0.2) is 87.5 Å². The molecule has 0 aliphatic carbocycles. The van der Waals surface area contributed by atoms with Crippen LogP contribution in [0.3, 0.4) is 0 Å². The van der Waals surface area contributed by atoms with Gasteiger partial charge in [-0.05, 0) is 48.2 Å². The van der Waals surface area contributed by atoms with E-state index in [0.29, 0.717) is 34.0 Å². The molecule has 0 aliphatic heterocycles. The van der Waals surface area contributed by atoms with Gasteiger partial charge in [-0.25, -0.2) is 9.18 Å². The highest BCUT2D eigenvalue weighted by Gasteiger charge is 2.19. The van der Waals surface area contributed by atoms with Crippen LogP contribution in [0.25, 0.3) is 28.4 Å². The molecular weight excluding hydrogens is 517 g/mol. The highest BCUT2D eigenvalue weighted by atomic mass is 35.5. The lowest BCUT2D eigenvalue weighted by molar-refractivity contribution is -0.131. The highest BCUT2D eigenvalue weighted by molar-refractivity contribution is 8.03. The molecule has 2 aromatic heterocycles. The van der Waals surface area contributed by atoms with E-state index >= 15 is 0 Å². The Morgan fingerprint density at radius 3 is 2.73 bits per heavy atom. The normalized spacial score (nSPS) is 11.7. The molecule has 0 aliphatic rings. The number of para-hydroxylation sites is 1. The molecule has 0 saturated carbocycles. The molecular formula is C27H19ClFN3O4S. The largest absolute Gasteiger partial charge is 0.496 e. The monoisotopic (exact) mass is 535 g/mol. The number of benzene rings is 3. The summed E-state index contributed by atoms with van der Waals surface area (Å²) in [5.41, 5.74) is 2.53. The maximum atomic E-state index is 14.3. The fraction of sp³-hybridized carbons (Fsp3) is 0.0741. The van der Waals surface area contributed by atoms with Gasteiger partial charge in [0.1, 0.15) is 16.5 Å². The zero-order valence-corrected chi connectivity index (χ0v) is 21.0. The maximum absolute atomic E-state index is 14.3. The molecule has 5 aromatic rings. The van der Waals surface area contributed by atoms with Crippen molar-refractivity contribution in [2.24, 2.45) is 0 Å². The number of carboxylic acids is 1. The van der Waals surface area contributed by atoms with Gasteiger partial charge in [0.15, 0.2) is 0 Å². The summed E-state index contributed by atoms with van der Waals surface area (Å²) in [4.78, 5) is 12.1. The lowest BCUT2D eigenvalue weighted by Crippen LogP contribution is -2.00. The average molecular weight is 536 g/mol. The first kappa shape index (κ1) is 24.6. The number of hydrogen-bond acceptors (Lipinski definition) is 6. The Labute approximate surface area is 220 Å². The number of thioether (sulfide) groups is 1. The van der Waals surface area contributed by atoms with Gasteiger partial charge in [-0.1, -0.05) is 48.0 Å². The van der Waals surface area contributed by atoms with Crippen LogP contribution in [0.5, 0.6) is 5.75 Å². The summed E-state index contributed by atoms with van der Waals surface area (Å²) in [5.74, 6) is -0.826. The minimum atomic E-state index is -1.16. The second-order valence-corrected chi connectivity index (χ2v) is 9.38. The molecule has 1 N–H and O–H groups in total. The number of aromatic nitrogens is 3. The summed E-state index contributed by atoms with van der Waals surface area (Å²) in [5, 5.41) is 19.3. The Morgan fingerprint density at radius 1 is 1.16 bits per heavy atom. The quantitative estimate of drug-likeness (QED) is 0.173. The summed E-state index contributed by atoms with van der Waals surface area (Å²) in [7, 11) is 1.51. The van der Waals surface area contributed by atoms with Crippen molar-refractivity contribution in [1.82, 2.24) is 14.8 Å². The van der Waals surface area contributed by atoms with E-state index in [2.05, 4.69) is 10.2 Å². The number of aliphatic carboxylic acids is 1. The van der Waals surface area contributed by atoms with Crippen molar-refractivity contribution in [2.45, 2.75) is 11.8 Å². The van der Waals surface area contributed by atoms with E-state index in [-0.39, 0.29) is 21.8 Å². The van der Waals surface area contributed by atoms with E-state index in [0.717, 1.165) is 22.7 Å². The minimum Gasteiger partial charge on any atom is -0.496 e. The van der Waals surface area contributed by atoms with Gasteiger partial charge < -0.3 is 18.8 Å². The lowest BCUT2D eigenvalue weighted by atomic mass is 10.1. The van der Waals surface area contributed by atoms with E-state index in [4.69, 9.17) is 20.8 Å². The van der Waals surface area contributed by atoms with Gasteiger partial charge >= 0.3 is 5.97 Å². The van der Waals surface area contributed by atoms with Crippen molar-refractivity contribution in [2.75, 3.05) is 7.11 Å².